The van der Waals surface area contributed by atoms with Crippen molar-refractivity contribution in [2.45, 2.75) is 6.92 Å². The highest BCUT2D eigenvalue weighted by molar-refractivity contribution is 6.34. The first kappa shape index (κ1) is 19.2. The molecule has 156 valence electrons. The maximum atomic E-state index is 11.7. The monoisotopic (exact) mass is 436 g/mol. The molecule has 0 saturated carbocycles. The van der Waals surface area contributed by atoms with E-state index in [1.54, 1.807) is 12.1 Å². The number of halogens is 1. The summed E-state index contributed by atoms with van der Waals surface area (Å²) < 4.78 is 13.1. The molecule has 3 heterocycles. The fraction of sp³-hybridized carbons (Fsp3) is 0.136. The van der Waals surface area contributed by atoms with Gasteiger partial charge in [-0.3, -0.25) is 14.5 Å². The second kappa shape index (κ2) is 7.48. The van der Waals surface area contributed by atoms with Crippen molar-refractivity contribution in [1.82, 2.24) is 9.38 Å². The first-order valence-electron chi connectivity index (χ1n) is 9.60. The van der Waals surface area contributed by atoms with E-state index in [-0.39, 0.29) is 16.3 Å². The zero-order chi connectivity index (χ0) is 21.5. The third kappa shape index (κ3) is 3.40. The summed E-state index contributed by atoms with van der Waals surface area (Å²) in [4.78, 5) is 15.9. The van der Waals surface area contributed by atoms with E-state index < -0.39 is 4.92 Å². The van der Waals surface area contributed by atoms with E-state index in [0.717, 1.165) is 11.3 Å². The molecule has 4 aromatic rings. The van der Waals surface area contributed by atoms with Crippen molar-refractivity contribution in [3.8, 4) is 22.8 Å². The van der Waals surface area contributed by atoms with Crippen LogP contribution in [-0.2, 0) is 0 Å². The van der Waals surface area contributed by atoms with Crippen molar-refractivity contribution >= 4 is 34.4 Å². The molecule has 0 spiro atoms. The number of benzene rings is 2. The topological polar surface area (TPSA) is 90.9 Å². The number of imidazole rings is 1. The van der Waals surface area contributed by atoms with Gasteiger partial charge in [-0.15, -0.1) is 0 Å². The molecular weight excluding hydrogens is 420 g/mol. The van der Waals surface area contributed by atoms with Crippen LogP contribution in [-0.4, -0.2) is 27.5 Å². The van der Waals surface area contributed by atoms with Gasteiger partial charge in [0, 0.05) is 24.0 Å². The van der Waals surface area contributed by atoms with Gasteiger partial charge in [-0.05, 0) is 36.8 Å². The number of aryl methyl sites for hydroxylation is 1. The minimum absolute atomic E-state index is 0.113. The van der Waals surface area contributed by atoms with Crippen molar-refractivity contribution in [3.05, 3.63) is 75.4 Å². The van der Waals surface area contributed by atoms with Crippen LogP contribution in [0.1, 0.15) is 5.56 Å². The quantitative estimate of drug-likeness (QED) is 0.341. The summed E-state index contributed by atoms with van der Waals surface area (Å²) in [6.07, 6.45) is 1.91. The van der Waals surface area contributed by atoms with Crippen LogP contribution in [0.25, 0.3) is 16.9 Å². The molecule has 0 amide bonds. The zero-order valence-electron chi connectivity index (χ0n) is 16.5. The lowest BCUT2D eigenvalue weighted by molar-refractivity contribution is -0.384. The van der Waals surface area contributed by atoms with Crippen LogP contribution in [0, 0.1) is 17.0 Å². The second-order valence-corrected chi connectivity index (χ2v) is 7.53. The predicted octanol–water partition coefficient (Wildman–Crippen LogP) is 5.39. The summed E-state index contributed by atoms with van der Waals surface area (Å²) in [5, 5.41) is 15.3. The number of nitrogens with one attached hydrogen (secondary N) is 1. The van der Waals surface area contributed by atoms with Crippen molar-refractivity contribution in [1.29, 1.82) is 0 Å². The van der Waals surface area contributed by atoms with Crippen LogP contribution in [0.4, 0.5) is 17.2 Å². The van der Waals surface area contributed by atoms with Gasteiger partial charge in [0.15, 0.2) is 11.5 Å². The fourth-order valence-corrected chi connectivity index (χ4v) is 3.86. The van der Waals surface area contributed by atoms with E-state index in [1.165, 1.54) is 6.07 Å². The molecule has 1 aliphatic heterocycles. The van der Waals surface area contributed by atoms with Gasteiger partial charge in [-0.25, -0.2) is 4.98 Å². The highest BCUT2D eigenvalue weighted by Gasteiger charge is 2.25. The first-order valence-corrected chi connectivity index (χ1v) is 9.98. The summed E-state index contributed by atoms with van der Waals surface area (Å²) in [5.74, 6) is 1.87. The Morgan fingerprint density at radius 3 is 2.74 bits per heavy atom. The molecule has 0 fully saturated rings. The molecule has 0 bridgehead atoms. The van der Waals surface area contributed by atoms with Gasteiger partial charge in [-0.2, -0.15) is 0 Å². The Morgan fingerprint density at radius 1 is 1.13 bits per heavy atom. The maximum Gasteiger partial charge on any atom is 0.280 e. The van der Waals surface area contributed by atoms with E-state index in [1.807, 2.05) is 47.9 Å². The molecule has 0 radical (unpaired) electrons. The number of fused-ring (bicyclic) bond motifs is 2. The Morgan fingerprint density at radius 2 is 1.94 bits per heavy atom. The summed E-state index contributed by atoms with van der Waals surface area (Å²) in [6.45, 7) is 2.94. The standard InChI is InChI=1S/C22H17ClN4O4/c1-13-5-8-19-25-21(20-15(23)3-2-4-16(20)27(28)29)22(26(19)12-13)24-14-6-7-17-18(11-14)31-10-9-30-17/h2-8,11-12,24H,9-10H2,1H3. The Hall–Kier alpha value is -3.78. The Bertz CT molecular complexity index is 1330. The summed E-state index contributed by atoms with van der Waals surface area (Å²) >= 11 is 6.42. The van der Waals surface area contributed by atoms with E-state index in [9.17, 15) is 10.1 Å². The van der Waals surface area contributed by atoms with Gasteiger partial charge in [0.1, 0.15) is 35.9 Å². The van der Waals surface area contributed by atoms with E-state index in [0.29, 0.717) is 41.9 Å². The van der Waals surface area contributed by atoms with Crippen LogP contribution >= 0.6 is 11.6 Å². The Kier molecular flexibility index (Phi) is 4.63. The number of rotatable bonds is 4. The third-order valence-corrected chi connectivity index (χ3v) is 5.31. The lowest BCUT2D eigenvalue weighted by Gasteiger charge is -2.19. The molecular formula is C22H17ClN4O4. The summed E-state index contributed by atoms with van der Waals surface area (Å²) in [7, 11) is 0. The van der Waals surface area contributed by atoms with Gasteiger partial charge < -0.3 is 14.8 Å². The van der Waals surface area contributed by atoms with Crippen molar-refractivity contribution in [2.24, 2.45) is 0 Å². The zero-order valence-corrected chi connectivity index (χ0v) is 17.2. The molecule has 2 aromatic heterocycles. The van der Waals surface area contributed by atoms with Crippen LogP contribution in [0.3, 0.4) is 0 Å². The molecule has 0 saturated heterocycles. The van der Waals surface area contributed by atoms with Crippen LogP contribution in [0.15, 0.2) is 54.7 Å². The number of hydrogen-bond acceptors (Lipinski definition) is 6. The van der Waals surface area contributed by atoms with Gasteiger partial charge in [0.05, 0.1) is 9.95 Å². The Balaban J connectivity index is 1.71. The SMILES string of the molecule is Cc1ccc2nc(-c3c(Cl)cccc3[N+](=O)[O-])c(Nc3ccc4c(c3)OCCO4)n2c1. The number of anilines is 2. The Labute approximate surface area is 182 Å². The number of ether oxygens (including phenoxy) is 2. The molecule has 0 atom stereocenters. The normalized spacial score (nSPS) is 12.7. The number of nitro benzene ring substituents is 1. The van der Waals surface area contributed by atoms with E-state index in [2.05, 4.69) is 10.3 Å². The van der Waals surface area contributed by atoms with Gasteiger partial charge in [-0.1, -0.05) is 23.7 Å². The van der Waals surface area contributed by atoms with Gasteiger partial charge >= 0.3 is 0 Å². The van der Waals surface area contributed by atoms with Crippen molar-refractivity contribution < 1.29 is 14.4 Å². The number of nitrogens with zero attached hydrogens (tertiary/aromatic N) is 3. The fourth-order valence-electron chi connectivity index (χ4n) is 3.60. The smallest absolute Gasteiger partial charge is 0.280 e. The lowest BCUT2D eigenvalue weighted by atomic mass is 10.1. The maximum absolute atomic E-state index is 11.7. The largest absolute Gasteiger partial charge is 0.486 e. The predicted molar refractivity (Wildman–Crippen MR) is 118 cm³/mol. The minimum Gasteiger partial charge on any atom is -0.486 e. The number of aromatic nitrogens is 2. The first-order chi connectivity index (χ1) is 15.0. The molecule has 2 aromatic carbocycles. The van der Waals surface area contributed by atoms with Crippen molar-refractivity contribution in [3.63, 3.8) is 0 Å². The van der Waals surface area contributed by atoms with Crippen LogP contribution in [0.2, 0.25) is 5.02 Å². The van der Waals surface area contributed by atoms with Crippen LogP contribution < -0.4 is 14.8 Å². The third-order valence-electron chi connectivity index (χ3n) is 5.00. The highest BCUT2D eigenvalue weighted by atomic mass is 35.5. The molecule has 5 rings (SSSR count). The van der Waals surface area contributed by atoms with Crippen molar-refractivity contribution in [2.75, 3.05) is 18.5 Å². The molecule has 0 unspecified atom stereocenters. The average molecular weight is 437 g/mol. The van der Waals surface area contributed by atoms with E-state index >= 15 is 0 Å². The molecule has 9 heteroatoms. The number of pyridine rings is 1. The molecule has 8 nitrogen and oxygen atoms in total. The summed E-state index contributed by atoms with van der Waals surface area (Å²) in [6, 6.07) is 13.9. The number of nitro groups is 1. The summed E-state index contributed by atoms with van der Waals surface area (Å²) in [5.41, 5.74) is 2.90. The van der Waals surface area contributed by atoms with Gasteiger partial charge in [0.25, 0.3) is 5.69 Å². The molecule has 31 heavy (non-hydrogen) atoms. The lowest BCUT2D eigenvalue weighted by Crippen LogP contribution is -2.15. The van der Waals surface area contributed by atoms with Gasteiger partial charge in [0.2, 0.25) is 0 Å². The molecule has 0 aliphatic carbocycles. The minimum atomic E-state index is -0.454. The van der Waals surface area contributed by atoms with Crippen LogP contribution in [0.5, 0.6) is 11.5 Å². The number of hydrogen-bond donors (Lipinski definition) is 1. The van der Waals surface area contributed by atoms with E-state index in [4.69, 9.17) is 21.1 Å². The highest BCUT2D eigenvalue weighted by Crippen LogP contribution is 2.41. The molecule has 1 aliphatic rings. The second-order valence-electron chi connectivity index (χ2n) is 7.12. The molecule has 1 N–H and O–H groups in total. The average Bonchev–Trinajstić information content (AvgIpc) is 3.10.